The van der Waals surface area contributed by atoms with Gasteiger partial charge in [0.05, 0.1) is 11.7 Å². The average molecular weight is 435 g/mol. The summed E-state index contributed by atoms with van der Waals surface area (Å²) in [4.78, 5) is 39.7. The predicted octanol–water partition coefficient (Wildman–Crippen LogP) is 1.42. The number of pyridine rings is 1. The molecule has 0 aliphatic carbocycles. The summed E-state index contributed by atoms with van der Waals surface area (Å²) in [5.74, 6) is -1.56. The Hall–Kier alpha value is -3.91. The van der Waals surface area contributed by atoms with E-state index in [9.17, 15) is 19.5 Å². The molecule has 0 saturated carbocycles. The third-order valence-corrected chi connectivity index (χ3v) is 4.84. The summed E-state index contributed by atoms with van der Waals surface area (Å²) >= 11 is 0. The first-order valence-corrected chi connectivity index (χ1v) is 10.1. The van der Waals surface area contributed by atoms with Gasteiger partial charge in [-0.2, -0.15) is 0 Å². The minimum atomic E-state index is -0.962. The first-order valence-electron chi connectivity index (χ1n) is 10.1. The van der Waals surface area contributed by atoms with Gasteiger partial charge in [0.2, 0.25) is 11.3 Å². The molecular formula is C24H25N3O5. The van der Waals surface area contributed by atoms with Crippen molar-refractivity contribution in [2.45, 2.75) is 31.5 Å². The number of rotatable bonds is 9. The van der Waals surface area contributed by atoms with Crippen LogP contribution in [0.4, 0.5) is 0 Å². The van der Waals surface area contributed by atoms with E-state index < -0.39 is 35.1 Å². The van der Waals surface area contributed by atoms with Crippen LogP contribution < -0.4 is 16.5 Å². The summed E-state index contributed by atoms with van der Waals surface area (Å²) in [6.07, 6.45) is 1.67. The van der Waals surface area contributed by atoms with E-state index in [1.54, 1.807) is 0 Å². The third kappa shape index (κ3) is 6.55. The highest BCUT2D eigenvalue weighted by molar-refractivity contribution is 5.87. The van der Waals surface area contributed by atoms with E-state index in [4.69, 9.17) is 10.5 Å². The lowest BCUT2D eigenvalue weighted by Gasteiger charge is -2.20. The van der Waals surface area contributed by atoms with Crippen LogP contribution in [0.15, 0.2) is 77.7 Å². The van der Waals surface area contributed by atoms with Crippen LogP contribution in [0.2, 0.25) is 0 Å². The molecule has 0 bridgehead atoms. The number of benzene rings is 2. The molecule has 0 radical (unpaired) electrons. The summed E-state index contributed by atoms with van der Waals surface area (Å²) in [6, 6.07) is 17.9. The number of aromatic hydroxyl groups is 1. The van der Waals surface area contributed by atoms with Crippen molar-refractivity contribution in [2.75, 3.05) is 0 Å². The molecule has 0 aliphatic heterocycles. The molecule has 2 atom stereocenters. The van der Waals surface area contributed by atoms with Gasteiger partial charge in [0.1, 0.15) is 12.6 Å². The highest BCUT2D eigenvalue weighted by atomic mass is 16.5. The Labute approximate surface area is 185 Å². The fourth-order valence-corrected chi connectivity index (χ4v) is 3.12. The molecule has 1 heterocycles. The average Bonchev–Trinajstić information content (AvgIpc) is 2.80. The van der Waals surface area contributed by atoms with E-state index in [-0.39, 0.29) is 13.0 Å². The van der Waals surface area contributed by atoms with Gasteiger partial charge in [-0.15, -0.1) is 0 Å². The normalized spacial score (nSPS) is 12.5. The second kappa shape index (κ2) is 10.9. The lowest BCUT2D eigenvalue weighted by atomic mass is 10.0. The van der Waals surface area contributed by atoms with E-state index in [1.807, 2.05) is 60.7 Å². The maximum Gasteiger partial charge on any atom is 0.329 e. The molecule has 5 N–H and O–H groups in total. The van der Waals surface area contributed by atoms with Crippen LogP contribution in [0.5, 0.6) is 5.75 Å². The Bertz CT molecular complexity index is 1100. The van der Waals surface area contributed by atoms with Crippen LogP contribution >= 0.6 is 0 Å². The number of hydrogen-bond donors (Lipinski definition) is 4. The number of H-pyrrole nitrogens is 1. The number of aromatic amines is 1. The molecule has 166 valence electrons. The largest absolute Gasteiger partial charge is 0.503 e. The molecular weight excluding hydrogens is 410 g/mol. The molecule has 8 heteroatoms. The molecule has 0 unspecified atom stereocenters. The molecule has 0 aliphatic rings. The lowest BCUT2D eigenvalue weighted by Crippen LogP contribution is -2.50. The third-order valence-electron chi connectivity index (χ3n) is 4.84. The molecule has 0 spiro atoms. The maximum absolute atomic E-state index is 12.8. The van der Waals surface area contributed by atoms with Crippen molar-refractivity contribution in [3.8, 4) is 5.75 Å². The van der Waals surface area contributed by atoms with Gasteiger partial charge in [-0.3, -0.25) is 9.59 Å². The minimum Gasteiger partial charge on any atom is -0.503 e. The molecule has 0 fully saturated rings. The topological polar surface area (TPSA) is 135 Å². The molecule has 1 amide bonds. The lowest BCUT2D eigenvalue weighted by molar-refractivity contribution is -0.149. The highest BCUT2D eigenvalue weighted by Crippen LogP contribution is 2.08. The van der Waals surface area contributed by atoms with E-state index >= 15 is 0 Å². The number of amides is 1. The first-order chi connectivity index (χ1) is 15.4. The summed E-state index contributed by atoms with van der Waals surface area (Å²) in [5, 5.41) is 12.0. The molecule has 8 nitrogen and oxygen atoms in total. The molecule has 0 saturated heterocycles. The smallest absolute Gasteiger partial charge is 0.329 e. The van der Waals surface area contributed by atoms with Crippen LogP contribution in [0.25, 0.3) is 0 Å². The van der Waals surface area contributed by atoms with E-state index in [2.05, 4.69) is 10.3 Å². The van der Waals surface area contributed by atoms with Gasteiger partial charge in [0.15, 0.2) is 5.75 Å². The minimum absolute atomic E-state index is 0.217. The second-order valence-electron chi connectivity index (χ2n) is 7.36. The maximum atomic E-state index is 12.8. The number of nitrogens with two attached hydrogens (primary N) is 1. The fraction of sp³-hybridized carbons (Fsp3) is 0.208. The zero-order valence-electron chi connectivity index (χ0n) is 17.4. The summed E-state index contributed by atoms with van der Waals surface area (Å²) in [6.45, 7) is -0.217. The van der Waals surface area contributed by atoms with Gasteiger partial charge in [-0.1, -0.05) is 60.7 Å². The quantitative estimate of drug-likeness (QED) is 0.376. The zero-order valence-corrected chi connectivity index (χ0v) is 17.4. The number of carbonyl (C=O) groups is 2. The van der Waals surface area contributed by atoms with Crippen molar-refractivity contribution in [3.05, 3.63) is 100.0 Å². The van der Waals surface area contributed by atoms with Crippen LogP contribution in [0.3, 0.4) is 0 Å². The second-order valence-corrected chi connectivity index (χ2v) is 7.36. The molecule has 2 aromatic carbocycles. The number of aromatic nitrogens is 1. The molecule has 3 rings (SSSR count). The Morgan fingerprint density at radius 2 is 1.59 bits per heavy atom. The highest BCUT2D eigenvalue weighted by Gasteiger charge is 2.25. The van der Waals surface area contributed by atoms with Crippen LogP contribution in [-0.4, -0.2) is 34.1 Å². The number of nitrogens with one attached hydrogen (secondary N) is 2. The van der Waals surface area contributed by atoms with E-state index in [1.165, 1.54) is 0 Å². The molecule has 32 heavy (non-hydrogen) atoms. The zero-order chi connectivity index (χ0) is 22.9. The van der Waals surface area contributed by atoms with E-state index in [0.29, 0.717) is 12.1 Å². The van der Waals surface area contributed by atoms with Crippen molar-refractivity contribution in [1.82, 2.24) is 10.3 Å². The van der Waals surface area contributed by atoms with Crippen molar-refractivity contribution in [1.29, 1.82) is 0 Å². The van der Waals surface area contributed by atoms with Crippen LogP contribution in [0.1, 0.15) is 16.8 Å². The molecule has 3 aromatic rings. The van der Waals surface area contributed by atoms with Crippen LogP contribution in [0, 0.1) is 0 Å². The van der Waals surface area contributed by atoms with Crippen molar-refractivity contribution in [3.63, 3.8) is 0 Å². The first kappa shape index (κ1) is 22.8. The number of esters is 1. The Morgan fingerprint density at radius 3 is 2.19 bits per heavy atom. The van der Waals surface area contributed by atoms with Gasteiger partial charge >= 0.3 is 5.97 Å². The van der Waals surface area contributed by atoms with Crippen molar-refractivity contribution >= 4 is 11.9 Å². The SMILES string of the molecule is N[C@@H](Cc1ccccc1)C(=O)N[C@@H](Cc1ccccc1)C(=O)OCc1cc(=O)c(O)c[nH]1. The number of carbonyl (C=O) groups excluding carboxylic acids is 2. The van der Waals surface area contributed by atoms with Gasteiger partial charge in [0.25, 0.3) is 0 Å². The Morgan fingerprint density at radius 1 is 1.00 bits per heavy atom. The predicted molar refractivity (Wildman–Crippen MR) is 119 cm³/mol. The van der Waals surface area contributed by atoms with E-state index in [0.717, 1.165) is 23.4 Å². The Balaban J connectivity index is 1.67. The van der Waals surface area contributed by atoms with Gasteiger partial charge in [-0.25, -0.2) is 4.79 Å². The Kier molecular flexibility index (Phi) is 7.77. The summed E-state index contributed by atoms with van der Waals surface area (Å²) < 4.78 is 5.31. The van der Waals surface area contributed by atoms with Crippen molar-refractivity contribution < 1.29 is 19.4 Å². The van der Waals surface area contributed by atoms with Crippen LogP contribution in [-0.2, 0) is 33.8 Å². The van der Waals surface area contributed by atoms with Crippen molar-refractivity contribution in [2.24, 2.45) is 5.73 Å². The van der Waals surface area contributed by atoms with Gasteiger partial charge in [-0.05, 0) is 17.5 Å². The standard InChI is InChI=1S/C24H25N3O5/c25-19(11-16-7-3-1-4-8-16)23(30)27-20(12-17-9-5-2-6-10-17)24(31)32-15-18-13-21(28)22(29)14-26-18/h1-10,13-14,19-20,29H,11-12,15,25H2,(H,26,28)(H,27,30)/t19-,20-/m0/s1. The monoisotopic (exact) mass is 435 g/mol. The number of ether oxygens (including phenoxy) is 1. The fourth-order valence-electron chi connectivity index (χ4n) is 3.12. The summed E-state index contributed by atoms with van der Waals surface area (Å²) in [7, 11) is 0. The molecule has 1 aromatic heterocycles. The number of hydrogen-bond acceptors (Lipinski definition) is 6. The van der Waals surface area contributed by atoms with Gasteiger partial charge in [0, 0.05) is 18.7 Å². The van der Waals surface area contributed by atoms with Gasteiger partial charge < -0.3 is 25.9 Å². The summed E-state index contributed by atoms with van der Waals surface area (Å²) in [5.41, 5.74) is 7.53.